The second-order valence-electron chi connectivity index (χ2n) is 13.6. The number of aliphatic hydroxyl groups excluding tert-OH is 1. The third-order valence-electron chi connectivity index (χ3n) is 11.8. The van der Waals surface area contributed by atoms with Crippen LogP contribution >= 0.6 is 0 Å². The Hall–Kier alpha value is -2.48. The number of carboxylic acid groups (broad SMARTS) is 1. The van der Waals surface area contributed by atoms with Crippen molar-refractivity contribution < 1.29 is 24.2 Å². The van der Waals surface area contributed by atoms with Gasteiger partial charge < -0.3 is 25.1 Å². The van der Waals surface area contributed by atoms with Gasteiger partial charge in [-0.05, 0) is 104 Å². The molecule has 1 aromatic heterocycles. The molecule has 0 radical (unpaired) electrons. The summed E-state index contributed by atoms with van der Waals surface area (Å²) in [4.78, 5) is 21.8. The zero-order valence-electron chi connectivity index (χ0n) is 23.6. The van der Waals surface area contributed by atoms with Gasteiger partial charge in [0, 0.05) is 11.5 Å². The maximum Gasteiger partial charge on any atom is 0.335 e. The van der Waals surface area contributed by atoms with E-state index in [9.17, 15) is 14.7 Å². The fourth-order valence-corrected chi connectivity index (χ4v) is 9.69. The molecule has 5 fully saturated rings. The van der Waals surface area contributed by atoms with Crippen molar-refractivity contribution in [1.29, 1.82) is 0 Å². The number of benzene rings is 1. The molecule has 4 saturated carbocycles. The highest BCUT2D eigenvalue weighted by Gasteiger charge is 2.80. The molecule has 0 amide bonds. The normalized spacial score (nSPS) is 41.7. The zero-order valence-corrected chi connectivity index (χ0v) is 23.6. The summed E-state index contributed by atoms with van der Waals surface area (Å²) >= 11 is 0. The van der Waals surface area contributed by atoms with E-state index in [4.69, 9.17) is 20.0 Å². The third-order valence-corrected chi connectivity index (χ3v) is 11.8. The molecular weight excluding hydrogens is 506 g/mol. The Balaban J connectivity index is 0.000000204. The molecule has 40 heavy (non-hydrogen) atoms. The highest BCUT2D eigenvalue weighted by Crippen LogP contribution is 2.77. The number of hydrogen-bond acceptors (Lipinski definition) is 6. The molecule has 7 heteroatoms. The SMILES string of the molecule is C[C@]12CC[C@H](O)C[C@H]1CC[C@@H]1[C@@H]2CC[C@]2(C)[C@@H](c3ccc(=O)oc3)C[C@H]3O[C@]132.N[C@@H](Cc1ccccc1)C(=O)O. The van der Waals surface area contributed by atoms with Crippen LogP contribution in [0.1, 0.15) is 82.3 Å². The number of nitrogens with two attached hydrogens (primary N) is 1. The largest absolute Gasteiger partial charge is 0.480 e. The number of carbonyl (C=O) groups is 1. The van der Waals surface area contributed by atoms with Gasteiger partial charge in [0.15, 0.2) is 0 Å². The minimum absolute atomic E-state index is 0.0285. The fourth-order valence-electron chi connectivity index (χ4n) is 9.69. The van der Waals surface area contributed by atoms with Gasteiger partial charge in [-0.1, -0.05) is 44.2 Å². The van der Waals surface area contributed by atoms with Crippen molar-refractivity contribution in [3.05, 3.63) is 70.3 Å². The zero-order chi connectivity index (χ0) is 28.3. The molecule has 1 spiro atoms. The second-order valence-corrected chi connectivity index (χ2v) is 13.6. The van der Waals surface area contributed by atoms with Crippen LogP contribution in [0.5, 0.6) is 0 Å². The fraction of sp³-hybridized carbons (Fsp3) is 0.636. The maximum absolute atomic E-state index is 11.4. The molecule has 0 bridgehead atoms. The molecule has 2 heterocycles. The van der Waals surface area contributed by atoms with E-state index in [1.807, 2.05) is 36.4 Å². The predicted octanol–water partition coefficient (Wildman–Crippen LogP) is 4.90. The van der Waals surface area contributed by atoms with Gasteiger partial charge in [0.05, 0.1) is 18.5 Å². The van der Waals surface area contributed by atoms with E-state index in [0.717, 1.165) is 30.7 Å². The average Bonchev–Trinajstić information content (AvgIpc) is 3.60. The molecule has 5 aliphatic rings. The Morgan fingerprint density at radius 1 is 1.02 bits per heavy atom. The molecule has 7 rings (SSSR count). The number of carboxylic acids is 1. The molecule has 0 unspecified atom stereocenters. The van der Waals surface area contributed by atoms with Crippen molar-refractivity contribution in [3.63, 3.8) is 0 Å². The number of fused-ring (bicyclic) bond motifs is 3. The minimum Gasteiger partial charge on any atom is -0.480 e. The van der Waals surface area contributed by atoms with E-state index in [1.54, 1.807) is 12.3 Å². The molecule has 1 aromatic carbocycles. The van der Waals surface area contributed by atoms with Gasteiger partial charge in [-0.15, -0.1) is 0 Å². The summed E-state index contributed by atoms with van der Waals surface area (Å²) in [5.74, 6) is 1.52. The lowest BCUT2D eigenvalue weighted by atomic mass is 9.44. The first-order valence-corrected chi connectivity index (χ1v) is 15.1. The number of rotatable bonds is 4. The van der Waals surface area contributed by atoms with Crippen molar-refractivity contribution in [1.82, 2.24) is 0 Å². The van der Waals surface area contributed by atoms with Crippen LogP contribution in [0.25, 0.3) is 0 Å². The molecule has 4 aliphatic carbocycles. The monoisotopic (exact) mass is 549 g/mol. The molecule has 10 atom stereocenters. The lowest BCUT2D eigenvalue weighted by Gasteiger charge is -2.61. The molecule has 4 N–H and O–H groups in total. The van der Waals surface area contributed by atoms with Gasteiger partial charge in [0.25, 0.3) is 0 Å². The smallest absolute Gasteiger partial charge is 0.335 e. The molecule has 1 saturated heterocycles. The van der Waals surface area contributed by atoms with Crippen LogP contribution in [0, 0.1) is 28.6 Å². The molecular formula is C33H43NO6. The summed E-state index contributed by atoms with van der Waals surface area (Å²) in [6.45, 7) is 4.97. The Labute approximate surface area is 236 Å². The summed E-state index contributed by atoms with van der Waals surface area (Å²) in [6.07, 6.45) is 11.5. The Morgan fingerprint density at radius 3 is 2.50 bits per heavy atom. The lowest BCUT2D eigenvalue weighted by Crippen LogP contribution is -2.58. The van der Waals surface area contributed by atoms with Crippen LogP contribution < -0.4 is 11.4 Å². The van der Waals surface area contributed by atoms with Crippen molar-refractivity contribution in [2.24, 2.45) is 34.3 Å². The van der Waals surface area contributed by atoms with Crippen molar-refractivity contribution in [3.8, 4) is 0 Å². The topological polar surface area (TPSA) is 126 Å². The van der Waals surface area contributed by atoms with Crippen LogP contribution in [0.15, 0.2) is 57.9 Å². The van der Waals surface area contributed by atoms with E-state index in [1.165, 1.54) is 37.7 Å². The van der Waals surface area contributed by atoms with Crippen LogP contribution in [0.3, 0.4) is 0 Å². The van der Waals surface area contributed by atoms with E-state index in [2.05, 4.69) is 13.8 Å². The van der Waals surface area contributed by atoms with Crippen molar-refractivity contribution >= 4 is 5.97 Å². The summed E-state index contributed by atoms with van der Waals surface area (Å²) in [7, 11) is 0. The average molecular weight is 550 g/mol. The number of epoxide rings is 1. The number of hydrogen-bond donors (Lipinski definition) is 3. The number of aliphatic hydroxyl groups is 1. The Morgan fingerprint density at radius 2 is 1.80 bits per heavy atom. The first kappa shape index (κ1) is 27.7. The van der Waals surface area contributed by atoms with E-state index < -0.39 is 12.0 Å². The number of aliphatic carboxylic acids is 1. The summed E-state index contributed by atoms with van der Waals surface area (Å²) in [5, 5.41) is 18.8. The van der Waals surface area contributed by atoms with Crippen LogP contribution in [-0.4, -0.2) is 40.0 Å². The van der Waals surface area contributed by atoms with Crippen molar-refractivity contribution in [2.45, 2.75) is 101 Å². The highest BCUT2D eigenvalue weighted by molar-refractivity contribution is 5.73. The van der Waals surface area contributed by atoms with E-state index in [0.29, 0.717) is 35.7 Å². The quantitative estimate of drug-likeness (QED) is 0.463. The molecule has 2 aromatic rings. The standard InChI is InChI=1S/C24H32O4.C9H11NO2/c1-22-9-7-16(25)11-15(22)4-5-18-17(22)8-10-23(2)19(12-20-24(18,23)28-20)14-3-6-21(26)27-13-14;10-8(9(11)12)6-7-4-2-1-3-5-7/h3,6,13,15-20,25H,4-5,7-12H2,1-2H3;1-5,8H,6,10H2,(H,11,12)/t15-,16+,17+,18-,19-,20-,22+,23-,24-;8-/m10/s1. The molecule has 7 nitrogen and oxygen atoms in total. The lowest BCUT2D eigenvalue weighted by molar-refractivity contribution is -0.139. The minimum atomic E-state index is -0.959. The molecule has 1 aliphatic heterocycles. The van der Waals surface area contributed by atoms with Crippen LogP contribution in [0.2, 0.25) is 0 Å². The van der Waals surface area contributed by atoms with Gasteiger partial charge in [-0.25, -0.2) is 4.79 Å². The van der Waals surface area contributed by atoms with Crippen LogP contribution in [0.4, 0.5) is 0 Å². The predicted molar refractivity (Wildman–Crippen MR) is 151 cm³/mol. The Kier molecular flexibility index (Phi) is 6.99. The van der Waals surface area contributed by atoms with Gasteiger partial charge in [-0.2, -0.15) is 0 Å². The van der Waals surface area contributed by atoms with Gasteiger partial charge in [0.2, 0.25) is 0 Å². The summed E-state index contributed by atoms with van der Waals surface area (Å²) < 4.78 is 11.8. The highest BCUT2D eigenvalue weighted by atomic mass is 16.6. The first-order valence-electron chi connectivity index (χ1n) is 15.1. The van der Waals surface area contributed by atoms with E-state index in [-0.39, 0.29) is 22.7 Å². The van der Waals surface area contributed by atoms with E-state index >= 15 is 0 Å². The van der Waals surface area contributed by atoms with Crippen molar-refractivity contribution in [2.75, 3.05) is 0 Å². The second kappa shape index (κ2) is 10.1. The van der Waals surface area contributed by atoms with Gasteiger partial charge in [-0.3, -0.25) is 4.79 Å². The molecule has 216 valence electrons. The van der Waals surface area contributed by atoms with Gasteiger partial charge in [0.1, 0.15) is 11.6 Å². The van der Waals surface area contributed by atoms with Crippen LogP contribution in [-0.2, 0) is 16.0 Å². The Bertz CT molecular complexity index is 1270. The maximum atomic E-state index is 11.4. The number of ether oxygens (including phenoxy) is 1. The summed E-state index contributed by atoms with van der Waals surface area (Å²) in [6, 6.07) is 12.1. The third kappa shape index (κ3) is 4.36. The van der Waals surface area contributed by atoms with Gasteiger partial charge >= 0.3 is 11.6 Å². The first-order chi connectivity index (χ1) is 19.1. The summed E-state index contributed by atoms with van der Waals surface area (Å²) in [5.41, 5.74) is 7.74.